The fraction of sp³-hybridized carbons (Fsp3) is 0.222. The molecule has 1 atom stereocenters. The summed E-state index contributed by atoms with van der Waals surface area (Å²) in [6, 6.07) is 8.90. The number of esters is 1. The number of hydrogen-bond acceptors (Lipinski definition) is 2. The van der Waals surface area contributed by atoms with Crippen molar-refractivity contribution in [1.29, 1.82) is 0 Å². The minimum Gasteiger partial charge on any atom is -0.425 e. The Labute approximate surface area is 115 Å². The van der Waals surface area contributed by atoms with Gasteiger partial charge in [-0.2, -0.15) is 0 Å². The molecule has 0 heterocycles. The topological polar surface area (TPSA) is 26.3 Å². The Kier molecular flexibility index (Phi) is 5.47. The minimum atomic E-state index is -0.614. The Morgan fingerprint density at radius 3 is 2.36 bits per heavy atom. The van der Waals surface area contributed by atoms with Crippen LogP contribution in [0.5, 0.6) is 5.75 Å². The Bertz CT molecular complexity index is 303. The van der Waals surface area contributed by atoms with Crippen LogP contribution in [0.15, 0.2) is 30.3 Å². The number of ether oxygens (including phenoxy) is 1. The van der Waals surface area contributed by atoms with E-state index < -0.39 is 11.3 Å². The van der Waals surface area contributed by atoms with E-state index in [9.17, 15) is 4.79 Å². The summed E-state index contributed by atoms with van der Waals surface area (Å²) >= 11 is 9.99. The van der Waals surface area contributed by atoms with Gasteiger partial charge in [-0.05, 0) is 12.1 Å². The largest absolute Gasteiger partial charge is 0.425 e. The highest BCUT2D eigenvalue weighted by molar-refractivity contribution is 14.2. The molecule has 5 heteroatoms. The number of carbonyl (C=O) groups is 1. The lowest BCUT2D eigenvalue weighted by Crippen LogP contribution is -2.25. The van der Waals surface area contributed by atoms with Crippen molar-refractivity contribution in [1.82, 2.24) is 0 Å². The van der Waals surface area contributed by atoms with E-state index in [4.69, 9.17) is 16.3 Å². The number of rotatable bonds is 3. The van der Waals surface area contributed by atoms with Crippen LogP contribution in [0.1, 0.15) is 0 Å². The third-order valence-electron chi connectivity index (χ3n) is 1.41. The average molecular weight is 436 g/mol. The van der Waals surface area contributed by atoms with Gasteiger partial charge in [0, 0.05) is 0 Å². The van der Waals surface area contributed by atoms with Gasteiger partial charge in [0.25, 0.3) is 0 Å². The number of alkyl halides is 3. The summed E-state index contributed by atoms with van der Waals surface area (Å²) in [6.07, 6.45) is 0. The summed E-state index contributed by atoms with van der Waals surface area (Å²) in [5, 5.41) is -0.614. The van der Waals surface area contributed by atoms with Crippen LogP contribution >= 0.6 is 56.8 Å². The first-order valence-corrected chi connectivity index (χ1v) is 6.73. The molecule has 1 aromatic carbocycles. The second-order valence-electron chi connectivity index (χ2n) is 2.47. The molecule has 0 aliphatic carbocycles. The highest BCUT2D eigenvalue weighted by Crippen LogP contribution is 2.21. The fourth-order valence-electron chi connectivity index (χ4n) is 0.764. The van der Waals surface area contributed by atoms with E-state index in [2.05, 4.69) is 45.2 Å². The third-order valence-corrected chi connectivity index (χ3v) is 4.13. The zero-order valence-corrected chi connectivity index (χ0v) is 12.1. The first-order valence-electron chi connectivity index (χ1n) is 3.80. The summed E-state index contributed by atoms with van der Waals surface area (Å²) in [5.41, 5.74) is 0. The van der Waals surface area contributed by atoms with Crippen LogP contribution in [0, 0.1) is 0 Å². The van der Waals surface area contributed by atoms with E-state index in [-0.39, 0.29) is 1.93 Å². The van der Waals surface area contributed by atoms with Gasteiger partial charge in [0.2, 0.25) is 0 Å². The molecule has 14 heavy (non-hydrogen) atoms. The lowest BCUT2D eigenvalue weighted by molar-refractivity contribution is -0.133. The number of carbonyl (C=O) groups excluding carboxylic acids is 1. The van der Waals surface area contributed by atoms with Gasteiger partial charge < -0.3 is 4.74 Å². The van der Waals surface area contributed by atoms with E-state index in [1.807, 2.05) is 6.07 Å². The molecule has 0 aliphatic rings. The van der Waals surface area contributed by atoms with E-state index in [0.717, 1.165) is 0 Å². The molecule has 0 amide bonds. The summed E-state index contributed by atoms with van der Waals surface area (Å²) in [6.45, 7) is 0. The SMILES string of the molecule is O=C(Oc1ccccc1)C(Cl)C(I)I. The molecule has 1 rings (SSSR count). The van der Waals surface area contributed by atoms with Gasteiger partial charge in [-0.15, -0.1) is 11.6 Å². The molecular formula is C9H7ClI2O2. The molecule has 0 N–H and O–H groups in total. The van der Waals surface area contributed by atoms with E-state index in [1.54, 1.807) is 24.3 Å². The average Bonchev–Trinajstić information content (AvgIpc) is 2.18. The lowest BCUT2D eigenvalue weighted by Gasteiger charge is -2.09. The van der Waals surface area contributed by atoms with Gasteiger partial charge in [-0.3, -0.25) is 0 Å². The van der Waals surface area contributed by atoms with Crippen molar-refractivity contribution in [2.75, 3.05) is 0 Å². The molecule has 0 saturated carbocycles. The van der Waals surface area contributed by atoms with Crippen molar-refractivity contribution in [2.24, 2.45) is 0 Å². The molecule has 0 saturated heterocycles. The van der Waals surface area contributed by atoms with E-state index >= 15 is 0 Å². The van der Waals surface area contributed by atoms with Gasteiger partial charge in [0.05, 0.1) is 1.93 Å². The first-order chi connectivity index (χ1) is 6.61. The van der Waals surface area contributed by atoms with Gasteiger partial charge in [-0.1, -0.05) is 63.4 Å². The number of halogens is 3. The highest BCUT2D eigenvalue weighted by Gasteiger charge is 2.23. The van der Waals surface area contributed by atoms with Crippen LogP contribution in [-0.4, -0.2) is 13.3 Å². The molecule has 0 bridgehead atoms. The Morgan fingerprint density at radius 1 is 1.29 bits per heavy atom. The van der Waals surface area contributed by atoms with Gasteiger partial charge in [0.1, 0.15) is 5.75 Å². The third kappa shape index (κ3) is 3.90. The van der Waals surface area contributed by atoms with E-state index in [1.165, 1.54) is 0 Å². The predicted octanol–water partition coefficient (Wildman–Crippen LogP) is 3.40. The Morgan fingerprint density at radius 2 is 1.86 bits per heavy atom. The second-order valence-corrected chi connectivity index (χ2v) is 8.01. The molecule has 0 radical (unpaired) electrons. The maximum atomic E-state index is 11.4. The van der Waals surface area contributed by atoms with Crippen LogP contribution in [0.3, 0.4) is 0 Å². The molecule has 0 aromatic heterocycles. The van der Waals surface area contributed by atoms with Crippen LogP contribution in [0.4, 0.5) is 0 Å². The standard InChI is InChI=1S/C9H7ClI2O2/c10-7(8(11)12)9(13)14-6-4-2-1-3-5-6/h1-5,7-8H. The zero-order chi connectivity index (χ0) is 10.6. The van der Waals surface area contributed by atoms with Gasteiger partial charge in [0.15, 0.2) is 5.38 Å². The fourth-order valence-corrected chi connectivity index (χ4v) is 1.40. The number of benzene rings is 1. The highest BCUT2D eigenvalue weighted by atomic mass is 127. The normalized spacial score (nSPS) is 12.6. The van der Waals surface area contributed by atoms with Crippen LogP contribution in [-0.2, 0) is 4.79 Å². The first kappa shape index (κ1) is 12.5. The number of hydrogen-bond donors (Lipinski definition) is 0. The molecule has 76 valence electrons. The summed E-state index contributed by atoms with van der Waals surface area (Å²) in [5.74, 6) is 0.114. The maximum Gasteiger partial charge on any atom is 0.331 e. The van der Waals surface area contributed by atoms with E-state index in [0.29, 0.717) is 5.75 Å². The van der Waals surface area contributed by atoms with Crippen molar-refractivity contribution >= 4 is 62.8 Å². The quantitative estimate of drug-likeness (QED) is 0.314. The second kappa shape index (κ2) is 6.12. The molecule has 0 aliphatic heterocycles. The smallest absolute Gasteiger partial charge is 0.331 e. The molecule has 1 aromatic rings. The maximum absolute atomic E-state index is 11.4. The zero-order valence-electron chi connectivity index (χ0n) is 6.99. The van der Waals surface area contributed by atoms with Crippen molar-refractivity contribution in [2.45, 2.75) is 7.31 Å². The predicted molar refractivity (Wildman–Crippen MR) is 73.5 cm³/mol. The molecule has 2 nitrogen and oxygen atoms in total. The van der Waals surface area contributed by atoms with Crippen molar-refractivity contribution in [3.63, 3.8) is 0 Å². The molecule has 0 fully saturated rings. The monoisotopic (exact) mass is 436 g/mol. The van der Waals surface area contributed by atoms with Crippen molar-refractivity contribution in [3.8, 4) is 5.75 Å². The Balaban J connectivity index is 2.58. The molecule has 1 unspecified atom stereocenters. The van der Waals surface area contributed by atoms with Gasteiger partial charge >= 0.3 is 5.97 Å². The van der Waals surface area contributed by atoms with Crippen LogP contribution < -0.4 is 4.74 Å². The van der Waals surface area contributed by atoms with Crippen molar-refractivity contribution < 1.29 is 9.53 Å². The Hall–Kier alpha value is 0.440. The molecular weight excluding hydrogens is 429 g/mol. The van der Waals surface area contributed by atoms with Gasteiger partial charge in [-0.25, -0.2) is 4.79 Å². The summed E-state index contributed by atoms with van der Waals surface area (Å²) in [7, 11) is 0. The van der Waals surface area contributed by atoms with Crippen LogP contribution in [0.2, 0.25) is 0 Å². The minimum absolute atomic E-state index is 0.0167. The number of para-hydroxylation sites is 1. The summed E-state index contributed by atoms with van der Waals surface area (Å²) < 4.78 is 5.07. The van der Waals surface area contributed by atoms with Crippen molar-refractivity contribution in [3.05, 3.63) is 30.3 Å². The lowest BCUT2D eigenvalue weighted by atomic mass is 10.3. The molecule has 0 spiro atoms. The summed E-state index contributed by atoms with van der Waals surface area (Å²) in [4.78, 5) is 11.4. The van der Waals surface area contributed by atoms with Crippen LogP contribution in [0.25, 0.3) is 0 Å².